The molecule has 1 fully saturated rings. The Bertz CT molecular complexity index is 780. The number of piperazine rings is 1. The van der Waals surface area contributed by atoms with Crippen LogP contribution in [-0.2, 0) is 4.79 Å². The summed E-state index contributed by atoms with van der Waals surface area (Å²) in [5.41, 5.74) is 2.35. The Morgan fingerprint density at radius 3 is 2.50 bits per heavy atom. The van der Waals surface area contributed by atoms with Crippen molar-refractivity contribution in [3.05, 3.63) is 71.8 Å². The van der Waals surface area contributed by atoms with Gasteiger partial charge in [-0.1, -0.05) is 61.5 Å². The Morgan fingerprint density at radius 2 is 1.82 bits per heavy atom. The summed E-state index contributed by atoms with van der Waals surface area (Å²) in [6.45, 7) is 8.24. The van der Waals surface area contributed by atoms with Crippen molar-refractivity contribution >= 4 is 12.0 Å². The third-order valence-electron chi connectivity index (χ3n) is 5.07. The van der Waals surface area contributed by atoms with Crippen LogP contribution in [0.25, 0.3) is 6.08 Å². The maximum atomic E-state index is 12.9. The van der Waals surface area contributed by atoms with Crippen LogP contribution < -0.4 is 4.74 Å². The molecule has 0 aromatic heterocycles. The summed E-state index contributed by atoms with van der Waals surface area (Å²) in [5, 5.41) is 0. The van der Waals surface area contributed by atoms with Crippen molar-refractivity contribution in [3.8, 4) is 5.75 Å². The number of benzene rings is 2. The fourth-order valence-corrected chi connectivity index (χ4v) is 3.42. The van der Waals surface area contributed by atoms with Gasteiger partial charge < -0.3 is 9.64 Å². The minimum atomic E-state index is -0.411. The Kier molecular flexibility index (Phi) is 7.26. The van der Waals surface area contributed by atoms with Crippen molar-refractivity contribution in [1.82, 2.24) is 9.80 Å². The zero-order valence-corrected chi connectivity index (χ0v) is 16.9. The number of ether oxygens (including phenoxy) is 1. The van der Waals surface area contributed by atoms with E-state index in [0.717, 1.165) is 44.0 Å². The van der Waals surface area contributed by atoms with Crippen LogP contribution in [0, 0.1) is 6.92 Å². The molecule has 3 rings (SSSR count). The van der Waals surface area contributed by atoms with E-state index in [0.29, 0.717) is 6.42 Å². The van der Waals surface area contributed by atoms with Gasteiger partial charge in [0.15, 0.2) is 6.10 Å². The summed E-state index contributed by atoms with van der Waals surface area (Å²) in [6.07, 6.45) is 4.61. The average molecular weight is 379 g/mol. The van der Waals surface area contributed by atoms with Crippen LogP contribution in [0.3, 0.4) is 0 Å². The SMILES string of the molecule is CC[C@H](Oc1cccc(C)c1)C(=O)N1CCN(C/C=C/c2ccccc2)CC1. The largest absolute Gasteiger partial charge is 0.481 e. The topological polar surface area (TPSA) is 32.8 Å². The lowest BCUT2D eigenvalue weighted by Crippen LogP contribution is -2.52. The van der Waals surface area contributed by atoms with Crippen molar-refractivity contribution in [2.75, 3.05) is 32.7 Å². The number of hydrogen-bond acceptors (Lipinski definition) is 3. The zero-order chi connectivity index (χ0) is 19.8. The maximum absolute atomic E-state index is 12.9. The quantitative estimate of drug-likeness (QED) is 0.730. The van der Waals surface area contributed by atoms with Crippen LogP contribution in [0.4, 0.5) is 0 Å². The second-order valence-corrected chi connectivity index (χ2v) is 7.27. The molecule has 2 aromatic carbocycles. The van der Waals surface area contributed by atoms with Gasteiger partial charge in [0.25, 0.3) is 5.91 Å². The molecule has 1 atom stereocenters. The Balaban J connectivity index is 1.47. The molecule has 2 aromatic rings. The Labute approximate surface area is 168 Å². The molecule has 0 N–H and O–H groups in total. The maximum Gasteiger partial charge on any atom is 0.263 e. The Morgan fingerprint density at radius 1 is 1.07 bits per heavy atom. The predicted molar refractivity (Wildman–Crippen MR) is 114 cm³/mol. The molecule has 0 unspecified atom stereocenters. The van der Waals surface area contributed by atoms with E-state index >= 15 is 0 Å². The van der Waals surface area contributed by atoms with Gasteiger partial charge in [0.2, 0.25) is 0 Å². The van der Waals surface area contributed by atoms with Crippen LogP contribution in [0.5, 0.6) is 5.75 Å². The summed E-state index contributed by atoms with van der Waals surface area (Å²) in [4.78, 5) is 17.2. The number of rotatable bonds is 7. The first kappa shape index (κ1) is 20.2. The summed E-state index contributed by atoms with van der Waals surface area (Å²) >= 11 is 0. The molecule has 1 amide bonds. The van der Waals surface area contributed by atoms with Crippen LogP contribution >= 0.6 is 0 Å². The van der Waals surface area contributed by atoms with Gasteiger partial charge in [-0.3, -0.25) is 9.69 Å². The highest BCUT2D eigenvalue weighted by atomic mass is 16.5. The summed E-state index contributed by atoms with van der Waals surface area (Å²) < 4.78 is 5.98. The van der Waals surface area contributed by atoms with Crippen molar-refractivity contribution in [2.24, 2.45) is 0 Å². The van der Waals surface area contributed by atoms with Crippen molar-refractivity contribution in [2.45, 2.75) is 26.4 Å². The lowest BCUT2D eigenvalue weighted by Gasteiger charge is -2.35. The van der Waals surface area contributed by atoms with Crippen LogP contribution in [0.1, 0.15) is 24.5 Å². The normalized spacial score (nSPS) is 16.3. The molecule has 0 bridgehead atoms. The first-order valence-electron chi connectivity index (χ1n) is 10.1. The van der Waals surface area contributed by atoms with Gasteiger partial charge in [0.1, 0.15) is 5.75 Å². The van der Waals surface area contributed by atoms with E-state index in [1.54, 1.807) is 0 Å². The average Bonchev–Trinajstić information content (AvgIpc) is 2.73. The molecule has 0 radical (unpaired) electrons. The van der Waals surface area contributed by atoms with E-state index in [1.807, 2.05) is 61.2 Å². The first-order chi connectivity index (χ1) is 13.7. The minimum Gasteiger partial charge on any atom is -0.481 e. The minimum absolute atomic E-state index is 0.100. The fraction of sp³-hybridized carbons (Fsp3) is 0.375. The third-order valence-corrected chi connectivity index (χ3v) is 5.07. The number of hydrogen-bond donors (Lipinski definition) is 0. The molecule has 0 aliphatic carbocycles. The lowest BCUT2D eigenvalue weighted by molar-refractivity contribution is -0.140. The molecule has 1 aliphatic heterocycles. The number of amides is 1. The number of aryl methyl sites for hydroxylation is 1. The fourth-order valence-electron chi connectivity index (χ4n) is 3.42. The number of carbonyl (C=O) groups excluding carboxylic acids is 1. The zero-order valence-electron chi connectivity index (χ0n) is 16.9. The molecule has 1 saturated heterocycles. The summed E-state index contributed by atoms with van der Waals surface area (Å²) in [7, 11) is 0. The second kappa shape index (κ2) is 10.1. The molecule has 28 heavy (non-hydrogen) atoms. The second-order valence-electron chi connectivity index (χ2n) is 7.27. The van der Waals surface area contributed by atoms with E-state index in [4.69, 9.17) is 4.74 Å². The monoisotopic (exact) mass is 378 g/mol. The molecule has 0 spiro atoms. The van der Waals surface area contributed by atoms with Gasteiger partial charge in [-0.2, -0.15) is 0 Å². The molecular formula is C24H30N2O2. The molecular weight excluding hydrogens is 348 g/mol. The van der Waals surface area contributed by atoms with E-state index < -0.39 is 6.10 Å². The van der Waals surface area contributed by atoms with E-state index in [9.17, 15) is 4.79 Å². The molecule has 4 nitrogen and oxygen atoms in total. The number of nitrogens with zero attached hydrogens (tertiary/aromatic N) is 2. The highest BCUT2D eigenvalue weighted by Gasteiger charge is 2.27. The summed E-state index contributed by atoms with van der Waals surface area (Å²) in [5.74, 6) is 0.869. The van der Waals surface area contributed by atoms with Crippen LogP contribution in [0.2, 0.25) is 0 Å². The van der Waals surface area contributed by atoms with Gasteiger partial charge in [0.05, 0.1) is 0 Å². The highest BCUT2D eigenvalue weighted by Crippen LogP contribution is 2.17. The first-order valence-corrected chi connectivity index (χ1v) is 10.1. The molecule has 1 heterocycles. The van der Waals surface area contributed by atoms with Crippen molar-refractivity contribution < 1.29 is 9.53 Å². The van der Waals surface area contributed by atoms with E-state index in [-0.39, 0.29) is 5.91 Å². The lowest BCUT2D eigenvalue weighted by atomic mass is 10.2. The molecule has 148 valence electrons. The smallest absolute Gasteiger partial charge is 0.263 e. The molecule has 0 saturated carbocycles. The highest BCUT2D eigenvalue weighted by molar-refractivity contribution is 5.81. The molecule has 4 heteroatoms. The van der Waals surface area contributed by atoms with Crippen molar-refractivity contribution in [3.63, 3.8) is 0 Å². The standard InChI is InChI=1S/C24H30N2O2/c1-3-23(28-22-13-7-9-20(2)19-22)24(27)26-17-15-25(16-18-26)14-8-12-21-10-5-4-6-11-21/h4-13,19,23H,3,14-18H2,1-2H3/b12-8+/t23-/m0/s1. The van der Waals surface area contributed by atoms with Crippen LogP contribution in [-0.4, -0.2) is 54.5 Å². The Hall–Kier alpha value is -2.59. The van der Waals surface area contributed by atoms with E-state index in [2.05, 4.69) is 29.2 Å². The van der Waals surface area contributed by atoms with Gasteiger partial charge >= 0.3 is 0 Å². The third kappa shape index (κ3) is 5.70. The van der Waals surface area contributed by atoms with Gasteiger partial charge in [-0.25, -0.2) is 0 Å². The summed E-state index contributed by atoms with van der Waals surface area (Å²) in [6, 6.07) is 18.2. The number of carbonyl (C=O) groups is 1. The van der Waals surface area contributed by atoms with E-state index in [1.165, 1.54) is 5.56 Å². The van der Waals surface area contributed by atoms with Gasteiger partial charge in [0, 0.05) is 32.7 Å². The van der Waals surface area contributed by atoms with Crippen molar-refractivity contribution in [1.29, 1.82) is 0 Å². The van der Waals surface area contributed by atoms with Crippen LogP contribution in [0.15, 0.2) is 60.7 Å². The van der Waals surface area contributed by atoms with Gasteiger partial charge in [-0.05, 0) is 36.6 Å². The molecule has 1 aliphatic rings. The predicted octanol–water partition coefficient (Wildman–Crippen LogP) is 4.01. The van der Waals surface area contributed by atoms with Gasteiger partial charge in [-0.15, -0.1) is 0 Å².